The Kier molecular flexibility index (Phi) is 4.43. The van der Waals surface area contributed by atoms with Crippen LogP contribution in [0.25, 0.3) is 16.7 Å². The van der Waals surface area contributed by atoms with E-state index in [1.165, 1.54) is 0 Å². The first-order valence-corrected chi connectivity index (χ1v) is 10.1. The summed E-state index contributed by atoms with van der Waals surface area (Å²) in [5.74, 6) is 1.03. The van der Waals surface area contributed by atoms with Gasteiger partial charge in [-0.25, -0.2) is 15.0 Å². The second kappa shape index (κ2) is 7.14. The quantitative estimate of drug-likeness (QED) is 0.523. The zero-order valence-electron chi connectivity index (χ0n) is 16.3. The first kappa shape index (κ1) is 18.6. The summed E-state index contributed by atoms with van der Waals surface area (Å²) in [5.41, 5.74) is 9.54. The zero-order chi connectivity index (χ0) is 20.8. The van der Waals surface area contributed by atoms with E-state index < -0.39 is 0 Å². The summed E-state index contributed by atoms with van der Waals surface area (Å²) in [7, 11) is 0. The molecule has 0 saturated carbocycles. The number of nitrogens with one attached hydrogen (secondary N) is 1. The van der Waals surface area contributed by atoms with Crippen molar-refractivity contribution in [2.45, 2.75) is 25.8 Å². The van der Waals surface area contributed by atoms with Crippen LogP contribution in [0.3, 0.4) is 0 Å². The fraction of sp³-hybridized carbons (Fsp3) is 0.238. The topological polar surface area (TPSA) is 101 Å². The van der Waals surface area contributed by atoms with E-state index in [1.54, 1.807) is 12.5 Å². The van der Waals surface area contributed by atoms with Crippen LogP contribution in [0, 0.1) is 6.92 Å². The Balaban J connectivity index is 1.62. The monoisotopic (exact) mass is 421 g/mol. The highest BCUT2D eigenvalue weighted by Crippen LogP contribution is 2.32. The first-order chi connectivity index (χ1) is 14.5. The second-order valence-electron chi connectivity index (χ2n) is 7.43. The fourth-order valence-electron chi connectivity index (χ4n) is 4.01. The van der Waals surface area contributed by atoms with Gasteiger partial charge in [-0.2, -0.15) is 0 Å². The van der Waals surface area contributed by atoms with Crippen molar-refractivity contribution < 1.29 is 4.79 Å². The van der Waals surface area contributed by atoms with E-state index in [9.17, 15) is 4.79 Å². The number of primary amides is 1. The number of carbonyl (C=O) groups is 1. The molecule has 1 amide bonds. The third kappa shape index (κ3) is 3.00. The zero-order valence-corrected chi connectivity index (χ0v) is 17.1. The highest BCUT2D eigenvalue weighted by atomic mass is 35.5. The molecule has 1 saturated heterocycles. The van der Waals surface area contributed by atoms with Crippen molar-refractivity contribution in [3.05, 3.63) is 53.4 Å². The van der Waals surface area contributed by atoms with Crippen LogP contribution in [-0.2, 0) is 4.79 Å². The van der Waals surface area contributed by atoms with Gasteiger partial charge in [0, 0.05) is 6.54 Å². The number of nitrogens with two attached hydrogens (primary N) is 1. The van der Waals surface area contributed by atoms with Crippen molar-refractivity contribution >= 4 is 51.5 Å². The number of rotatable bonds is 4. The number of pyridine rings is 1. The maximum absolute atomic E-state index is 11.8. The number of amides is 1. The van der Waals surface area contributed by atoms with Gasteiger partial charge in [-0.3, -0.25) is 9.20 Å². The summed E-state index contributed by atoms with van der Waals surface area (Å²) >= 11 is 6.39. The van der Waals surface area contributed by atoms with E-state index in [-0.39, 0.29) is 11.9 Å². The van der Waals surface area contributed by atoms with E-state index in [4.69, 9.17) is 27.3 Å². The molecule has 1 fully saturated rings. The Morgan fingerprint density at radius 1 is 1.27 bits per heavy atom. The second-order valence-corrected chi connectivity index (χ2v) is 7.84. The number of hydrogen-bond donors (Lipinski definition) is 2. The van der Waals surface area contributed by atoms with E-state index in [2.05, 4.69) is 10.3 Å². The third-order valence-corrected chi connectivity index (χ3v) is 5.84. The molecule has 0 bridgehead atoms. The molecule has 3 aromatic heterocycles. The molecule has 9 heteroatoms. The number of aromatic nitrogens is 4. The van der Waals surface area contributed by atoms with Crippen molar-refractivity contribution in [1.82, 2.24) is 19.4 Å². The van der Waals surface area contributed by atoms with Gasteiger partial charge in [-0.05, 0) is 43.5 Å². The van der Waals surface area contributed by atoms with Crippen LogP contribution in [0.4, 0.5) is 17.3 Å². The standard InChI is InChI=1S/C21H20ClN7O/c1-12-4-2-5-13(22)18(12)27-20-16-10-24-11-29(16)21-14(25-20)7-8-17(26-21)28-9-3-6-15(28)19(23)30/h2,4-5,7-8,10-11,15H,3,6,9H2,1H3,(H2,23,30)(H,25,27)/t15-/m0/s1. The summed E-state index contributed by atoms with van der Waals surface area (Å²) in [6, 6.07) is 9.19. The molecule has 1 aliphatic rings. The molecular formula is C21H20ClN7O. The van der Waals surface area contributed by atoms with E-state index >= 15 is 0 Å². The SMILES string of the molecule is Cc1cccc(Cl)c1Nc1nc2ccc(N3CCC[C@H]3C(N)=O)nc2n2cncc12. The minimum Gasteiger partial charge on any atom is -0.368 e. The van der Waals surface area contributed by atoms with Crippen LogP contribution in [0.2, 0.25) is 5.02 Å². The smallest absolute Gasteiger partial charge is 0.240 e. The minimum atomic E-state index is -0.328. The Morgan fingerprint density at radius 2 is 2.13 bits per heavy atom. The van der Waals surface area contributed by atoms with Gasteiger partial charge in [0.05, 0.1) is 16.9 Å². The lowest BCUT2D eigenvalue weighted by Gasteiger charge is -2.23. The van der Waals surface area contributed by atoms with Crippen molar-refractivity contribution in [2.75, 3.05) is 16.8 Å². The summed E-state index contributed by atoms with van der Waals surface area (Å²) in [5, 5.41) is 3.97. The maximum Gasteiger partial charge on any atom is 0.240 e. The van der Waals surface area contributed by atoms with Gasteiger partial charge in [-0.1, -0.05) is 23.7 Å². The molecule has 152 valence electrons. The Morgan fingerprint density at radius 3 is 2.93 bits per heavy atom. The number of fused-ring (bicyclic) bond motifs is 3. The van der Waals surface area contributed by atoms with Gasteiger partial charge in [0.15, 0.2) is 11.5 Å². The third-order valence-electron chi connectivity index (χ3n) is 5.52. The number of anilines is 3. The van der Waals surface area contributed by atoms with Crippen LogP contribution in [0.5, 0.6) is 0 Å². The van der Waals surface area contributed by atoms with Gasteiger partial charge in [0.2, 0.25) is 5.91 Å². The summed E-state index contributed by atoms with van der Waals surface area (Å²) in [6.07, 6.45) is 5.09. The van der Waals surface area contributed by atoms with Crippen molar-refractivity contribution in [3.8, 4) is 0 Å². The average Bonchev–Trinajstić information content (AvgIpc) is 3.40. The Hall–Kier alpha value is -3.39. The van der Waals surface area contributed by atoms with Crippen LogP contribution >= 0.6 is 11.6 Å². The minimum absolute atomic E-state index is 0.324. The van der Waals surface area contributed by atoms with Gasteiger partial charge in [0.25, 0.3) is 0 Å². The highest BCUT2D eigenvalue weighted by Gasteiger charge is 2.30. The molecule has 0 aliphatic carbocycles. The lowest BCUT2D eigenvalue weighted by molar-refractivity contribution is -0.119. The molecule has 3 N–H and O–H groups in total. The molecule has 1 aromatic carbocycles. The molecule has 5 rings (SSSR count). The largest absolute Gasteiger partial charge is 0.368 e. The van der Waals surface area contributed by atoms with Crippen LogP contribution in [0.1, 0.15) is 18.4 Å². The lowest BCUT2D eigenvalue weighted by atomic mass is 10.2. The molecule has 8 nitrogen and oxygen atoms in total. The Labute approximate surface area is 177 Å². The molecule has 1 aliphatic heterocycles. The Bertz CT molecular complexity index is 1270. The molecule has 30 heavy (non-hydrogen) atoms. The summed E-state index contributed by atoms with van der Waals surface area (Å²) < 4.78 is 1.88. The highest BCUT2D eigenvalue weighted by molar-refractivity contribution is 6.33. The number of benzene rings is 1. The maximum atomic E-state index is 11.8. The molecule has 0 spiro atoms. The van der Waals surface area contributed by atoms with Crippen molar-refractivity contribution in [1.29, 1.82) is 0 Å². The summed E-state index contributed by atoms with van der Waals surface area (Å²) in [6.45, 7) is 2.74. The van der Waals surface area contributed by atoms with Crippen LogP contribution < -0.4 is 16.0 Å². The fourth-order valence-corrected chi connectivity index (χ4v) is 4.28. The number of halogens is 1. The van der Waals surface area contributed by atoms with Gasteiger partial charge >= 0.3 is 0 Å². The van der Waals surface area contributed by atoms with E-state index in [0.717, 1.165) is 36.2 Å². The van der Waals surface area contributed by atoms with Crippen molar-refractivity contribution in [3.63, 3.8) is 0 Å². The van der Waals surface area contributed by atoms with Crippen LogP contribution in [0.15, 0.2) is 42.9 Å². The normalized spacial score (nSPS) is 16.5. The molecule has 1 atom stereocenters. The number of aryl methyl sites for hydroxylation is 1. The average molecular weight is 422 g/mol. The molecule has 0 radical (unpaired) electrons. The summed E-state index contributed by atoms with van der Waals surface area (Å²) in [4.78, 5) is 27.6. The predicted octanol–water partition coefficient (Wildman–Crippen LogP) is 3.44. The number of para-hydroxylation sites is 1. The van der Waals surface area contributed by atoms with E-state index in [1.807, 2.05) is 46.6 Å². The lowest BCUT2D eigenvalue weighted by Crippen LogP contribution is -2.40. The number of hydrogen-bond acceptors (Lipinski definition) is 6. The van der Waals surface area contributed by atoms with Crippen molar-refractivity contribution in [2.24, 2.45) is 5.73 Å². The number of nitrogens with zero attached hydrogens (tertiary/aromatic N) is 5. The van der Waals surface area contributed by atoms with E-state index in [0.29, 0.717) is 27.8 Å². The van der Waals surface area contributed by atoms with Gasteiger partial charge < -0.3 is 16.0 Å². The van der Waals surface area contributed by atoms with Gasteiger partial charge in [-0.15, -0.1) is 0 Å². The predicted molar refractivity (Wildman–Crippen MR) is 117 cm³/mol. The number of carbonyl (C=O) groups excluding carboxylic acids is 1. The van der Waals surface area contributed by atoms with Gasteiger partial charge in [0.1, 0.15) is 29.2 Å². The molecular weight excluding hydrogens is 402 g/mol. The molecule has 0 unspecified atom stereocenters. The number of imidazole rings is 1. The molecule has 4 heterocycles. The first-order valence-electron chi connectivity index (χ1n) is 9.74. The molecule has 4 aromatic rings. The van der Waals surface area contributed by atoms with Crippen LogP contribution in [-0.4, -0.2) is 37.8 Å².